The van der Waals surface area contributed by atoms with Crippen molar-refractivity contribution >= 4 is 13.4 Å². The molecule has 1 fully saturated rings. The van der Waals surface area contributed by atoms with E-state index in [1.165, 1.54) is 0 Å². The smallest absolute Gasteiger partial charge is 0.362 e. The van der Waals surface area contributed by atoms with Crippen LogP contribution < -0.4 is 0 Å². The summed E-state index contributed by atoms with van der Waals surface area (Å²) < 4.78 is 16.0. The molecular formula is C9H17O11P. The van der Waals surface area contributed by atoms with Crippen molar-refractivity contribution in [3.63, 3.8) is 0 Å². The Kier molecular flexibility index (Phi) is 5.61. The molecule has 1 heterocycles. The minimum Gasteiger partial charge on any atom is -0.394 e. The molecule has 0 aromatic rings. The maximum absolute atomic E-state index is 11.8. The van der Waals surface area contributed by atoms with Gasteiger partial charge in [-0.05, 0) is 0 Å². The molecule has 21 heavy (non-hydrogen) atoms. The lowest BCUT2D eigenvalue weighted by molar-refractivity contribution is -0.152. The van der Waals surface area contributed by atoms with Crippen molar-refractivity contribution < 1.29 is 54.5 Å². The quantitative estimate of drug-likeness (QED) is 0.217. The number of ether oxygens (including phenoxy) is 1. The van der Waals surface area contributed by atoms with E-state index in [1.807, 2.05) is 0 Å². The molecule has 0 aliphatic carbocycles. The lowest BCUT2D eigenvalue weighted by Crippen LogP contribution is -2.47. The summed E-state index contributed by atoms with van der Waals surface area (Å²) in [7, 11) is -5.30. The highest BCUT2D eigenvalue weighted by molar-refractivity contribution is 7.53. The van der Waals surface area contributed by atoms with Gasteiger partial charge in [-0.15, -0.1) is 0 Å². The van der Waals surface area contributed by atoms with Gasteiger partial charge in [0.05, 0.1) is 13.2 Å². The Morgan fingerprint density at radius 3 is 2.10 bits per heavy atom. The van der Waals surface area contributed by atoms with Crippen LogP contribution in [0.3, 0.4) is 0 Å². The van der Waals surface area contributed by atoms with Crippen LogP contribution >= 0.6 is 7.60 Å². The van der Waals surface area contributed by atoms with Gasteiger partial charge in [0.1, 0.15) is 30.5 Å². The third-order valence-corrected chi connectivity index (χ3v) is 4.77. The second kappa shape index (κ2) is 6.34. The highest BCUT2D eigenvalue weighted by atomic mass is 31.2. The summed E-state index contributed by atoms with van der Waals surface area (Å²) in [6.45, 7) is -2.40. The Morgan fingerprint density at radius 1 is 1.24 bits per heavy atom. The van der Waals surface area contributed by atoms with E-state index in [1.54, 1.807) is 0 Å². The Balaban J connectivity index is 3.09. The van der Waals surface area contributed by atoms with Gasteiger partial charge in [0.15, 0.2) is 5.78 Å². The summed E-state index contributed by atoms with van der Waals surface area (Å²) in [6, 6.07) is 0. The standard InChI is InChI=1S/C9H17O11P/c10-1-3(12)4(13)5(14)7-6(15)8(16)9(2-11,20-7)21(17,18)19/h3-4,6-8,10-13,15-16H,1-2H2,(H2,17,18,19)/t3?,4?,6-,7?,8-,9-/m0/s1. The molecule has 1 aliphatic rings. The number of carbonyl (C=O) groups is 1. The van der Waals surface area contributed by atoms with Gasteiger partial charge in [-0.3, -0.25) is 9.36 Å². The minimum absolute atomic E-state index is 0.998. The third kappa shape index (κ3) is 3.03. The largest absolute Gasteiger partial charge is 0.394 e. The van der Waals surface area contributed by atoms with Crippen LogP contribution in [0.2, 0.25) is 0 Å². The highest BCUT2D eigenvalue weighted by Gasteiger charge is 2.65. The first kappa shape index (κ1) is 18.6. The molecular weight excluding hydrogens is 315 g/mol. The van der Waals surface area contributed by atoms with E-state index in [0.717, 1.165) is 0 Å². The minimum atomic E-state index is -5.30. The van der Waals surface area contributed by atoms with E-state index in [-0.39, 0.29) is 0 Å². The van der Waals surface area contributed by atoms with Gasteiger partial charge in [0.2, 0.25) is 5.34 Å². The lowest BCUT2D eigenvalue weighted by atomic mass is 9.99. The zero-order chi connectivity index (χ0) is 16.6. The van der Waals surface area contributed by atoms with E-state index in [9.17, 15) is 24.7 Å². The molecule has 0 amide bonds. The molecule has 0 radical (unpaired) electrons. The molecule has 3 unspecified atom stereocenters. The first-order chi connectivity index (χ1) is 9.53. The number of ketones is 1. The van der Waals surface area contributed by atoms with Crippen LogP contribution in [0.4, 0.5) is 0 Å². The molecule has 12 heteroatoms. The Morgan fingerprint density at radius 2 is 1.76 bits per heavy atom. The summed E-state index contributed by atoms with van der Waals surface area (Å²) in [6.07, 6.45) is -10.7. The van der Waals surface area contributed by atoms with Crippen molar-refractivity contribution in [1.29, 1.82) is 0 Å². The Hall–Kier alpha value is -0.460. The molecule has 11 nitrogen and oxygen atoms in total. The zero-order valence-electron chi connectivity index (χ0n) is 10.6. The summed E-state index contributed by atoms with van der Waals surface area (Å²) in [5.41, 5.74) is 0. The van der Waals surface area contributed by atoms with E-state index in [2.05, 4.69) is 4.74 Å². The first-order valence-electron chi connectivity index (χ1n) is 5.74. The molecule has 1 rings (SSSR count). The van der Waals surface area contributed by atoms with Crippen LogP contribution in [0.15, 0.2) is 0 Å². The van der Waals surface area contributed by atoms with Gasteiger partial charge in [-0.25, -0.2) is 0 Å². The number of carbonyl (C=O) groups excluding carboxylic acids is 1. The van der Waals surface area contributed by atoms with Crippen molar-refractivity contribution in [1.82, 2.24) is 0 Å². The molecule has 0 spiro atoms. The monoisotopic (exact) mass is 332 g/mol. The summed E-state index contributed by atoms with van der Waals surface area (Å²) in [4.78, 5) is 30.1. The fourth-order valence-corrected chi connectivity index (χ4v) is 2.87. The molecule has 8 N–H and O–H groups in total. The predicted octanol–water partition coefficient (Wildman–Crippen LogP) is -4.74. The highest BCUT2D eigenvalue weighted by Crippen LogP contribution is 2.57. The maximum atomic E-state index is 11.8. The molecule has 1 saturated heterocycles. The normalized spacial score (nSPS) is 36.5. The van der Waals surface area contributed by atoms with E-state index in [4.69, 9.17) is 25.1 Å². The van der Waals surface area contributed by atoms with Crippen molar-refractivity contribution in [2.45, 2.75) is 35.9 Å². The Labute approximate surface area is 118 Å². The second-order valence-corrected chi connectivity index (χ2v) is 6.46. The number of hydrogen-bond acceptors (Lipinski definition) is 9. The number of aliphatic hydroxyl groups is 6. The van der Waals surface area contributed by atoms with Crippen LogP contribution in [0, 0.1) is 0 Å². The Bertz CT molecular complexity index is 435. The molecule has 6 atom stereocenters. The summed E-state index contributed by atoms with van der Waals surface area (Å²) in [5, 5.41) is 52.6. The van der Waals surface area contributed by atoms with Crippen molar-refractivity contribution in [3.05, 3.63) is 0 Å². The van der Waals surface area contributed by atoms with Crippen LogP contribution in [0.1, 0.15) is 0 Å². The molecule has 0 saturated carbocycles. The van der Waals surface area contributed by atoms with Crippen molar-refractivity contribution in [3.8, 4) is 0 Å². The van der Waals surface area contributed by atoms with Gasteiger partial charge in [0.25, 0.3) is 0 Å². The van der Waals surface area contributed by atoms with Crippen molar-refractivity contribution in [2.75, 3.05) is 13.2 Å². The number of hydrogen-bond donors (Lipinski definition) is 8. The summed E-state index contributed by atoms with van der Waals surface area (Å²) >= 11 is 0. The summed E-state index contributed by atoms with van der Waals surface area (Å²) in [5.74, 6) is -1.41. The van der Waals surface area contributed by atoms with Gasteiger partial charge >= 0.3 is 7.60 Å². The number of Topliss-reactive ketones (excluding diaryl/α,β-unsaturated/α-hetero) is 1. The SMILES string of the molecule is O=C(C(O)C(O)CO)C1O[C@@](CO)(P(=O)(O)O)[C@@H](O)[C@H]1O. The molecule has 0 aromatic carbocycles. The average Bonchev–Trinajstić information content (AvgIpc) is 2.69. The van der Waals surface area contributed by atoms with E-state index in [0.29, 0.717) is 0 Å². The number of aliphatic hydroxyl groups excluding tert-OH is 6. The lowest BCUT2D eigenvalue weighted by Gasteiger charge is -2.30. The van der Waals surface area contributed by atoms with Crippen LogP contribution in [0.25, 0.3) is 0 Å². The molecule has 0 aromatic heterocycles. The zero-order valence-corrected chi connectivity index (χ0v) is 11.4. The molecule has 0 bridgehead atoms. The van der Waals surface area contributed by atoms with E-state index < -0.39 is 62.5 Å². The van der Waals surface area contributed by atoms with Crippen LogP contribution in [-0.4, -0.2) is 95.3 Å². The fourth-order valence-electron chi connectivity index (χ4n) is 1.94. The number of rotatable bonds is 6. The maximum Gasteiger partial charge on any atom is 0.362 e. The van der Waals surface area contributed by atoms with Crippen LogP contribution in [0.5, 0.6) is 0 Å². The van der Waals surface area contributed by atoms with Gasteiger partial charge in [-0.1, -0.05) is 0 Å². The van der Waals surface area contributed by atoms with Gasteiger partial charge in [-0.2, -0.15) is 0 Å². The van der Waals surface area contributed by atoms with Crippen molar-refractivity contribution in [2.24, 2.45) is 0 Å². The van der Waals surface area contributed by atoms with Gasteiger partial charge < -0.3 is 45.2 Å². The van der Waals surface area contributed by atoms with Gasteiger partial charge in [0, 0.05) is 0 Å². The fraction of sp³-hybridized carbons (Fsp3) is 0.889. The third-order valence-electron chi connectivity index (χ3n) is 3.27. The topological polar surface area (TPSA) is 205 Å². The predicted molar refractivity (Wildman–Crippen MR) is 62.9 cm³/mol. The molecule has 1 aliphatic heterocycles. The molecule has 124 valence electrons. The average molecular weight is 332 g/mol. The first-order valence-corrected chi connectivity index (χ1v) is 7.36. The van der Waals surface area contributed by atoms with E-state index >= 15 is 0 Å². The second-order valence-electron chi connectivity index (χ2n) is 4.62. The van der Waals surface area contributed by atoms with Crippen LogP contribution in [-0.2, 0) is 14.1 Å².